The van der Waals surface area contributed by atoms with Gasteiger partial charge in [0.1, 0.15) is 17.8 Å². The Hall–Kier alpha value is -3.50. The van der Waals surface area contributed by atoms with Crippen LogP contribution in [0.4, 0.5) is 0 Å². The summed E-state index contributed by atoms with van der Waals surface area (Å²) in [4.78, 5) is 4.70. The van der Waals surface area contributed by atoms with Gasteiger partial charge in [-0.15, -0.1) is 24.3 Å². The summed E-state index contributed by atoms with van der Waals surface area (Å²) in [7, 11) is 0. The van der Waals surface area contributed by atoms with E-state index in [1.165, 1.54) is 16.7 Å². The fourth-order valence-corrected chi connectivity index (χ4v) is 4.99. The van der Waals surface area contributed by atoms with Gasteiger partial charge in [0.25, 0.3) is 0 Å². The zero-order valence-electron chi connectivity index (χ0n) is 24.1. The minimum Gasteiger partial charge on any atom is -0.506 e. The van der Waals surface area contributed by atoms with Gasteiger partial charge in [-0.1, -0.05) is 76.9 Å². The first-order valence-electron chi connectivity index (χ1n) is 13.6. The molecule has 0 bridgehead atoms. The molecule has 7 heteroatoms. The molecule has 0 amide bonds. The number of phenols is 1. The van der Waals surface area contributed by atoms with Crippen LogP contribution in [0.2, 0.25) is 0 Å². The second kappa shape index (κ2) is 11.9. The normalized spacial score (nSPS) is 11.4. The first-order chi connectivity index (χ1) is 18.7. The van der Waals surface area contributed by atoms with Crippen LogP contribution in [0.5, 0.6) is 5.75 Å². The van der Waals surface area contributed by atoms with Gasteiger partial charge in [0.2, 0.25) is 0 Å². The van der Waals surface area contributed by atoms with Crippen molar-refractivity contribution in [1.29, 1.82) is 0 Å². The number of benzene rings is 3. The average molecular weight is 714 g/mol. The van der Waals surface area contributed by atoms with E-state index in [2.05, 4.69) is 59.7 Å². The van der Waals surface area contributed by atoms with Crippen molar-refractivity contribution in [2.75, 3.05) is 0 Å². The van der Waals surface area contributed by atoms with Gasteiger partial charge in [0.05, 0.1) is 11.5 Å². The monoisotopic (exact) mass is 713 g/mol. The van der Waals surface area contributed by atoms with Crippen molar-refractivity contribution in [3.05, 3.63) is 95.4 Å². The third-order valence-electron chi connectivity index (χ3n) is 7.17. The van der Waals surface area contributed by atoms with Crippen molar-refractivity contribution in [3.8, 4) is 39.8 Å². The first-order valence-corrected chi connectivity index (χ1v) is 13.6. The topological polar surface area (TPSA) is 68.8 Å². The number of para-hydroxylation sites is 2. The maximum atomic E-state index is 10.4. The van der Waals surface area contributed by atoms with E-state index in [1.54, 1.807) is 23.1 Å². The minimum absolute atomic E-state index is 0. The van der Waals surface area contributed by atoms with E-state index in [0.29, 0.717) is 23.4 Å². The van der Waals surface area contributed by atoms with Crippen molar-refractivity contribution in [2.24, 2.45) is 0 Å². The number of hydrogen-bond acceptors (Lipinski definition) is 4. The van der Waals surface area contributed by atoms with Gasteiger partial charge in [-0.25, -0.2) is 14.5 Å². The Balaban J connectivity index is 0.00000370. The number of nitrogens with zero attached hydrogens (tertiary/aromatic N) is 5. The number of aryl methyl sites for hydroxylation is 1. The molecular weight excluding hydrogens is 677 g/mol. The number of aromatic nitrogens is 5. The van der Waals surface area contributed by atoms with Gasteiger partial charge in [-0.2, -0.15) is 5.10 Å². The maximum absolute atomic E-state index is 10.4. The summed E-state index contributed by atoms with van der Waals surface area (Å²) >= 11 is 0. The molecule has 3 aromatic carbocycles. The number of phenolic OH excluding ortho intramolecular Hbond substituents is 1. The number of aromatic hydroxyl groups is 1. The molecule has 0 atom stereocenters. The molecule has 2 heterocycles. The summed E-state index contributed by atoms with van der Waals surface area (Å²) in [5, 5.41) is 19.9. The van der Waals surface area contributed by atoms with E-state index < -0.39 is 0 Å². The zero-order chi connectivity index (χ0) is 27.8. The van der Waals surface area contributed by atoms with Crippen LogP contribution < -0.4 is 0 Å². The van der Waals surface area contributed by atoms with Crippen molar-refractivity contribution in [2.45, 2.75) is 66.2 Å². The fraction of sp³-hybridized carbons (Fsp3) is 0.303. The summed E-state index contributed by atoms with van der Waals surface area (Å²) in [6.45, 7) is 15.4. The van der Waals surface area contributed by atoms with Gasteiger partial charge < -0.3 is 5.11 Å². The Kier molecular flexibility index (Phi) is 8.80. The second-order valence-electron chi connectivity index (χ2n) is 11.1. The predicted octanol–water partition coefficient (Wildman–Crippen LogP) is 7.97. The van der Waals surface area contributed by atoms with Crippen molar-refractivity contribution in [3.63, 3.8) is 0 Å². The molecule has 0 aliphatic rings. The molecule has 210 valence electrons. The predicted molar refractivity (Wildman–Crippen MR) is 157 cm³/mol. The Morgan fingerprint density at radius 1 is 0.775 bits per heavy atom. The summed E-state index contributed by atoms with van der Waals surface area (Å²) in [6.07, 6.45) is 1.62. The minimum atomic E-state index is 0. The van der Waals surface area contributed by atoms with Crippen LogP contribution in [0.1, 0.15) is 81.7 Å². The second-order valence-corrected chi connectivity index (χ2v) is 11.1. The summed E-state index contributed by atoms with van der Waals surface area (Å²) < 4.78 is 3.74. The molecule has 0 aliphatic heterocycles. The summed E-state index contributed by atoms with van der Waals surface area (Å²) in [5.41, 5.74) is 9.02. The number of hydrogen-bond donors (Lipinski definition) is 1. The van der Waals surface area contributed by atoms with Crippen LogP contribution in [0.25, 0.3) is 34.0 Å². The quantitative estimate of drug-likeness (QED) is 0.174. The van der Waals surface area contributed by atoms with Crippen LogP contribution in [0.15, 0.2) is 67.0 Å². The van der Waals surface area contributed by atoms with Crippen molar-refractivity contribution >= 4 is 0 Å². The van der Waals surface area contributed by atoms with E-state index in [9.17, 15) is 5.11 Å². The van der Waals surface area contributed by atoms with Crippen LogP contribution >= 0.6 is 0 Å². The Morgan fingerprint density at radius 3 is 2.05 bits per heavy atom. The summed E-state index contributed by atoms with van der Waals surface area (Å²) in [5.74, 6) is 2.02. The molecular formula is C33H36N5OPt-. The van der Waals surface area contributed by atoms with Crippen molar-refractivity contribution < 1.29 is 26.2 Å². The van der Waals surface area contributed by atoms with Crippen LogP contribution in [0, 0.1) is 13.0 Å². The van der Waals surface area contributed by atoms with E-state index in [4.69, 9.17) is 15.2 Å². The molecule has 40 heavy (non-hydrogen) atoms. The molecule has 6 nitrogen and oxygen atoms in total. The van der Waals surface area contributed by atoms with E-state index in [1.807, 2.05) is 48.0 Å². The van der Waals surface area contributed by atoms with Crippen molar-refractivity contribution in [1.82, 2.24) is 24.5 Å². The molecule has 2 aromatic heterocycles. The van der Waals surface area contributed by atoms with E-state index in [0.717, 1.165) is 34.0 Å². The van der Waals surface area contributed by atoms with E-state index >= 15 is 0 Å². The largest absolute Gasteiger partial charge is 0.506 e. The van der Waals surface area contributed by atoms with Gasteiger partial charge in [-0.05, 0) is 59.6 Å². The first kappa shape index (κ1) is 29.5. The van der Waals surface area contributed by atoms with Gasteiger partial charge in [0, 0.05) is 32.5 Å². The molecule has 5 rings (SSSR count). The number of rotatable bonds is 7. The molecule has 0 aliphatic carbocycles. The molecule has 0 unspecified atom stereocenters. The molecule has 0 fully saturated rings. The molecule has 0 radical (unpaired) electrons. The molecule has 1 N–H and O–H groups in total. The summed E-state index contributed by atoms with van der Waals surface area (Å²) in [6, 6.07) is 23.4. The maximum Gasteiger partial charge on any atom is 0.141 e. The molecule has 5 aromatic rings. The smallest absolute Gasteiger partial charge is 0.141 e. The third kappa shape index (κ3) is 5.55. The van der Waals surface area contributed by atoms with Crippen LogP contribution in [-0.4, -0.2) is 29.7 Å². The molecule has 0 saturated heterocycles. The van der Waals surface area contributed by atoms with Crippen LogP contribution in [0.3, 0.4) is 0 Å². The Bertz CT molecular complexity index is 1600. The Morgan fingerprint density at radius 2 is 1.43 bits per heavy atom. The average Bonchev–Trinajstić information content (AvgIpc) is 3.55. The van der Waals surface area contributed by atoms with Crippen LogP contribution in [-0.2, 0) is 21.1 Å². The molecule has 0 saturated carbocycles. The fourth-order valence-electron chi connectivity index (χ4n) is 4.99. The van der Waals surface area contributed by atoms with Gasteiger partial charge in [-0.3, -0.25) is 4.98 Å². The van der Waals surface area contributed by atoms with Gasteiger partial charge in [0.15, 0.2) is 0 Å². The third-order valence-corrected chi connectivity index (χ3v) is 7.17. The SMILES string of the molecule is Cc1cc(-c2[c-]c(-c3ncnn3-c3c(C(C)C)cc(C(C)C)cc3C(C)C)ccc2)nn1-c1ccccc1O.[Pt]. The Labute approximate surface area is 251 Å². The standard InChI is InChI=1S/C33H36N5O.Pt/c1-20(2)26-17-27(21(3)4)32(28(18-26)22(5)6)38-33(34-19-35-38)25-12-10-11-24(16-25)29-15-23(7)37(36-29)30-13-8-9-14-31(30)39;/h8-15,17-22,39H,1-7H3;/q-1;. The zero-order valence-corrected chi connectivity index (χ0v) is 26.4. The van der Waals surface area contributed by atoms with E-state index in [-0.39, 0.29) is 26.8 Å². The van der Waals surface area contributed by atoms with Gasteiger partial charge >= 0.3 is 0 Å². The molecule has 0 spiro atoms.